The van der Waals surface area contributed by atoms with E-state index >= 15 is 0 Å². The van der Waals surface area contributed by atoms with E-state index in [1.54, 1.807) is 19.1 Å². The van der Waals surface area contributed by atoms with E-state index in [0.717, 1.165) is 12.8 Å². The Kier molecular flexibility index (Phi) is 6.40. The summed E-state index contributed by atoms with van der Waals surface area (Å²) in [5.41, 5.74) is 0. The van der Waals surface area contributed by atoms with Crippen molar-refractivity contribution in [3.05, 3.63) is 24.2 Å². The predicted molar refractivity (Wildman–Crippen MR) is 70.6 cm³/mol. The summed E-state index contributed by atoms with van der Waals surface area (Å²) >= 11 is 0. The van der Waals surface area contributed by atoms with E-state index in [-0.39, 0.29) is 17.3 Å². The highest BCUT2D eigenvalue weighted by Crippen LogP contribution is 2.14. The summed E-state index contributed by atoms with van der Waals surface area (Å²) in [6, 6.07) is 3.27. The molecule has 3 nitrogen and oxygen atoms in total. The number of rotatable bonds is 9. The molecule has 0 radical (unpaired) electrons. The molecule has 1 aromatic heterocycles. The highest BCUT2D eigenvalue weighted by Gasteiger charge is 2.23. The Bertz CT molecular complexity index is 365. The zero-order chi connectivity index (χ0) is 13.4. The summed E-state index contributed by atoms with van der Waals surface area (Å²) in [5, 5.41) is 0. The van der Waals surface area contributed by atoms with Gasteiger partial charge in [0.05, 0.1) is 12.2 Å². The van der Waals surface area contributed by atoms with Crippen LogP contribution in [0.15, 0.2) is 22.8 Å². The molecular formula is C15H22O3. The Morgan fingerprint density at radius 3 is 2.56 bits per heavy atom. The van der Waals surface area contributed by atoms with Gasteiger partial charge in [0.1, 0.15) is 5.78 Å². The van der Waals surface area contributed by atoms with Crippen LogP contribution in [0.4, 0.5) is 0 Å². The standard InChI is InChI=1S/C15H22O3/c1-3-4-5-6-7-9-13(16)12(2)15(17)14-10-8-11-18-14/h8,10-12H,3-7,9H2,1-2H3. The molecule has 1 rings (SSSR count). The van der Waals surface area contributed by atoms with Gasteiger partial charge >= 0.3 is 0 Å². The second-order valence-electron chi connectivity index (χ2n) is 4.69. The highest BCUT2D eigenvalue weighted by atomic mass is 16.3. The van der Waals surface area contributed by atoms with Crippen LogP contribution in [-0.2, 0) is 4.79 Å². The molecule has 0 aliphatic carbocycles. The lowest BCUT2D eigenvalue weighted by Crippen LogP contribution is -2.20. The number of ketones is 2. The Balaban J connectivity index is 2.31. The Labute approximate surface area is 109 Å². The van der Waals surface area contributed by atoms with Gasteiger partial charge in [-0.2, -0.15) is 0 Å². The van der Waals surface area contributed by atoms with Gasteiger partial charge in [-0.1, -0.05) is 32.6 Å². The minimum atomic E-state index is -0.581. The average Bonchev–Trinajstić information content (AvgIpc) is 2.90. The lowest BCUT2D eigenvalue weighted by molar-refractivity contribution is -0.121. The van der Waals surface area contributed by atoms with Crippen molar-refractivity contribution in [1.82, 2.24) is 0 Å². The van der Waals surface area contributed by atoms with Crippen molar-refractivity contribution in [1.29, 1.82) is 0 Å². The predicted octanol–water partition coefficient (Wildman–Crippen LogP) is 4.03. The molecule has 0 aliphatic heterocycles. The van der Waals surface area contributed by atoms with Gasteiger partial charge in [-0.25, -0.2) is 0 Å². The maximum Gasteiger partial charge on any atom is 0.208 e. The highest BCUT2D eigenvalue weighted by molar-refractivity contribution is 6.08. The minimum absolute atomic E-state index is 0.0212. The fourth-order valence-corrected chi connectivity index (χ4v) is 1.90. The van der Waals surface area contributed by atoms with Gasteiger partial charge in [0.2, 0.25) is 5.78 Å². The van der Waals surface area contributed by atoms with Gasteiger partial charge in [0, 0.05) is 6.42 Å². The SMILES string of the molecule is CCCCCCCC(=O)C(C)C(=O)c1ccco1. The van der Waals surface area contributed by atoms with Crippen molar-refractivity contribution >= 4 is 11.6 Å². The smallest absolute Gasteiger partial charge is 0.208 e. The first-order valence-corrected chi connectivity index (χ1v) is 6.77. The summed E-state index contributed by atoms with van der Waals surface area (Å²) in [4.78, 5) is 23.7. The quantitative estimate of drug-likeness (QED) is 0.377. The molecule has 3 heteroatoms. The van der Waals surface area contributed by atoms with Crippen molar-refractivity contribution in [2.75, 3.05) is 0 Å². The number of Topliss-reactive ketones (excluding diaryl/α,β-unsaturated/α-hetero) is 2. The summed E-state index contributed by atoms with van der Waals surface area (Å²) in [6.07, 6.45) is 7.49. The number of carbonyl (C=O) groups is 2. The molecule has 0 amide bonds. The molecule has 1 atom stereocenters. The van der Waals surface area contributed by atoms with Crippen LogP contribution >= 0.6 is 0 Å². The van der Waals surface area contributed by atoms with Crippen molar-refractivity contribution in [3.8, 4) is 0 Å². The van der Waals surface area contributed by atoms with Crippen molar-refractivity contribution in [3.63, 3.8) is 0 Å². The monoisotopic (exact) mass is 250 g/mol. The number of hydrogen-bond acceptors (Lipinski definition) is 3. The first-order chi connectivity index (χ1) is 8.66. The zero-order valence-corrected chi connectivity index (χ0v) is 11.3. The molecule has 1 aromatic rings. The Morgan fingerprint density at radius 1 is 1.22 bits per heavy atom. The second-order valence-corrected chi connectivity index (χ2v) is 4.69. The maximum absolute atomic E-state index is 11.9. The Morgan fingerprint density at radius 2 is 1.94 bits per heavy atom. The van der Waals surface area contributed by atoms with Crippen LogP contribution in [-0.4, -0.2) is 11.6 Å². The number of furan rings is 1. The molecular weight excluding hydrogens is 228 g/mol. The van der Waals surface area contributed by atoms with Crippen LogP contribution in [0.25, 0.3) is 0 Å². The molecule has 0 saturated carbocycles. The summed E-state index contributed by atoms with van der Waals surface area (Å²) in [7, 11) is 0. The van der Waals surface area contributed by atoms with Crippen LogP contribution in [0.2, 0.25) is 0 Å². The molecule has 0 spiro atoms. The van der Waals surface area contributed by atoms with Crippen molar-refractivity contribution < 1.29 is 14.0 Å². The first-order valence-electron chi connectivity index (χ1n) is 6.77. The zero-order valence-electron chi connectivity index (χ0n) is 11.3. The molecule has 18 heavy (non-hydrogen) atoms. The van der Waals surface area contributed by atoms with Crippen LogP contribution in [0.3, 0.4) is 0 Å². The van der Waals surface area contributed by atoms with E-state index in [2.05, 4.69) is 6.92 Å². The molecule has 0 aromatic carbocycles. The Hall–Kier alpha value is -1.38. The fraction of sp³-hybridized carbons (Fsp3) is 0.600. The van der Waals surface area contributed by atoms with Crippen molar-refractivity contribution in [2.45, 2.75) is 52.4 Å². The molecule has 0 fully saturated rings. The van der Waals surface area contributed by atoms with E-state index in [1.807, 2.05) is 0 Å². The van der Waals surface area contributed by atoms with E-state index in [9.17, 15) is 9.59 Å². The third-order valence-electron chi connectivity index (χ3n) is 3.17. The normalized spacial score (nSPS) is 12.3. The molecule has 0 saturated heterocycles. The van der Waals surface area contributed by atoms with Crippen LogP contribution in [0.1, 0.15) is 62.9 Å². The van der Waals surface area contributed by atoms with E-state index in [4.69, 9.17) is 4.42 Å². The maximum atomic E-state index is 11.9. The molecule has 0 bridgehead atoms. The van der Waals surface area contributed by atoms with Gasteiger partial charge < -0.3 is 4.42 Å². The lowest BCUT2D eigenvalue weighted by Gasteiger charge is -2.07. The van der Waals surface area contributed by atoms with E-state index < -0.39 is 5.92 Å². The second kappa shape index (κ2) is 7.85. The lowest BCUT2D eigenvalue weighted by atomic mass is 9.95. The number of hydrogen-bond donors (Lipinski definition) is 0. The third-order valence-corrected chi connectivity index (χ3v) is 3.17. The number of unbranched alkanes of at least 4 members (excludes halogenated alkanes) is 4. The van der Waals surface area contributed by atoms with E-state index in [1.165, 1.54) is 25.5 Å². The summed E-state index contributed by atoms with van der Waals surface area (Å²) in [6.45, 7) is 3.83. The fourth-order valence-electron chi connectivity index (χ4n) is 1.90. The summed E-state index contributed by atoms with van der Waals surface area (Å²) in [5.74, 6) is -0.490. The van der Waals surface area contributed by atoms with E-state index in [0.29, 0.717) is 6.42 Å². The van der Waals surface area contributed by atoms with Gasteiger partial charge in [0.25, 0.3) is 0 Å². The van der Waals surface area contributed by atoms with Gasteiger partial charge in [-0.15, -0.1) is 0 Å². The summed E-state index contributed by atoms with van der Waals surface area (Å²) < 4.78 is 5.02. The van der Waals surface area contributed by atoms with Crippen LogP contribution < -0.4 is 0 Å². The molecule has 0 N–H and O–H groups in total. The molecule has 1 heterocycles. The third kappa shape index (κ3) is 4.47. The molecule has 1 unspecified atom stereocenters. The van der Waals surface area contributed by atoms with Gasteiger partial charge in [-0.3, -0.25) is 9.59 Å². The molecule has 100 valence electrons. The van der Waals surface area contributed by atoms with Crippen LogP contribution in [0.5, 0.6) is 0 Å². The van der Waals surface area contributed by atoms with Crippen molar-refractivity contribution in [2.24, 2.45) is 5.92 Å². The van der Waals surface area contributed by atoms with Gasteiger partial charge in [-0.05, 0) is 25.5 Å². The number of carbonyl (C=O) groups excluding carboxylic acids is 2. The average molecular weight is 250 g/mol. The van der Waals surface area contributed by atoms with Gasteiger partial charge in [0.15, 0.2) is 5.76 Å². The largest absolute Gasteiger partial charge is 0.461 e. The molecule has 0 aliphatic rings. The topological polar surface area (TPSA) is 47.3 Å². The minimum Gasteiger partial charge on any atom is -0.461 e. The first kappa shape index (κ1) is 14.7. The van der Waals surface area contributed by atoms with Crippen LogP contribution in [0, 0.1) is 5.92 Å².